The number of hydrogen-bond donors (Lipinski definition) is 1. The first kappa shape index (κ1) is 15.4. The number of nitrogens with one attached hydrogen (secondary N) is 1. The molecule has 1 saturated heterocycles. The number of likely N-dealkylation sites (tertiary alicyclic amines) is 1. The number of piperidine rings is 1. The lowest BCUT2D eigenvalue weighted by Gasteiger charge is -2.39. The molecule has 0 aromatic carbocycles. The van der Waals surface area contributed by atoms with Gasteiger partial charge in [0.05, 0.1) is 6.26 Å². The molecular weight excluding hydrogens is 252 g/mol. The van der Waals surface area contributed by atoms with E-state index in [2.05, 4.69) is 4.72 Å². The van der Waals surface area contributed by atoms with Crippen LogP contribution >= 0.6 is 0 Å². The molecule has 1 rings (SSSR count). The molecule has 0 aromatic heterocycles. The van der Waals surface area contributed by atoms with Crippen LogP contribution < -0.4 is 4.72 Å². The molecule has 0 bridgehead atoms. The zero-order chi connectivity index (χ0) is 14.0. The average Bonchev–Trinajstić information content (AvgIpc) is 2.23. The summed E-state index contributed by atoms with van der Waals surface area (Å²) in [6.45, 7) is 6.73. The highest BCUT2D eigenvalue weighted by molar-refractivity contribution is 7.88. The lowest BCUT2D eigenvalue weighted by molar-refractivity contribution is -0.143. The Hall–Kier alpha value is -0.620. The second kappa shape index (κ2) is 5.57. The van der Waals surface area contributed by atoms with Gasteiger partial charge in [-0.15, -0.1) is 0 Å². The molecule has 6 heteroatoms. The molecule has 0 aromatic rings. The molecule has 106 valence electrons. The maximum absolute atomic E-state index is 12.3. The molecule has 18 heavy (non-hydrogen) atoms. The molecule has 1 amide bonds. The number of amides is 1. The first-order valence-corrected chi connectivity index (χ1v) is 8.26. The third-order valence-electron chi connectivity index (χ3n) is 3.11. The molecule has 1 aliphatic rings. The van der Waals surface area contributed by atoms with E-state index in [1.807, 2.05) is 25.7 Å². The van der Waals surface area contributed by atoms with E-state index in [0.29, 0.717) is 6.54 Å². The Bertz CT molecular complexity index is 398. The van der Waals surface area contributed by atoms with E-state index in [9.17, 15) is 13.2 Å². The van der Waals surface area contributed by atoms with Crippen LogP contribution in [-0.4, -0.2) is 44.6 Å². The van der Waals surface area contributed by atoms with E-state index >= 15 is 0 Å². The van der Waals surface area contributed by atoms with E-state index in [4.69, 9.17) is 0 Å². The minimum atomic E-state index is -3.20. The van der Waals surface area contributed by atoms with Gasteiger partial charge in [0.2, 0.25) is 15.9 Å². The zero-order valence-corrected chi connectivity index (χ0v) is 12.5. The fourth-order valence-electron chi connectivity index (χ4n) is 2.16. The van der Waals surface area contributed by atoms with Gasteiger partial charge in [0.25, 0.3) is 0 Å². The lowest BCUT2D eigenvalue weighted by atomic mass is 9.91. The molecule has 0 saturated carbocycles. The molecule has 1 fully saturated rings. The zero-order valence-electron chi connectivity index (χ0n) is 11.7. The highest BCUT2D eigenvalue weighted by Gasteiger charge is 2.33. The Morgan fingerprint density at radius 1 is 1.33 bits per heavy atom. The minimum absolute atomic E-state index is 0.0137. The van der Waals surface area contributed by atoms with Crippen LogP contribution in [0.5, 0.6) is 0 Å². The summed E-state index contributed by atoms with van der Waals surface area (Å²) in [4.78, 5) is 14.1. The Morgan fingerprint density at radius 2 is 1.94 bits per heavy atom. The molecule has 1 N–H and O–H groups in total. The van der Waals surface area contributed by atoms with E-state index in [0.717, 1.165) is 32.1 Å². The van der Waals surface area contributed by atoms with Gasteiger partial charge in [-0.25, -0.2) is 13.1 Å². The fraction of sp³-hybridized carbons (Fsp3) is 0.917. The van der Waals surface area contributed by atoms with Crippen LogP contribution in [0.2, 0.25) is 0 Å². The summed E-state index contributed by atoms with van der Waals surface area (Å²) < 4.78 is 24.8. The van der Waals surface area contributed by atoms with Crippen molar-refractivity contribution in [2.75, 3.05) is 19.3 Å². The van der Waals surface area contributed by atoms with Crippen LogP contribution in [0.15, 0.2) is 0 Å². The van der Waals surface area contributed by atoms with Gasteiger partial charge in [0.1, 0.15) is 0 Å². The number of sulfonamides is 1. The van der Waals surface area contributed by atoms with Crippen molar-refractivity contribution >= 4 is 15.9 Å². The van der Waals surface area contributed by atoms with Gasteiger partial charge in [-0.2, -0.15) is 0 Å². The van der Waals surface area contributed by atoms with Crippen LogP contribution in [-0.2, 0) is 14.8 Å². The Balaban J connectivity index is 2.71. The summed E-state index contributed by atoms with van der Waals surface area (Å²) in [6.07, 6.45) is 4.05. The van der Waals surface area contributed by atoms with Crippen molar-refractivity contribution in [2.24, 2.45) is 5.41 Å². The maximum Gasteiger partial charge on any atom is 0.228 e. The molecule has 1 heterocycles. The summed E-state index contributed by atoms with van der Waals surface area (Å²) in [5, 5.41) is 0. The molecule has 5 nitrogen and oxygen atoms in total. The third-order valence-corrected chi connectivity index (χ3v) is 3.80. The van der Waals surface area contributed by atoms with Crippen molar-refractivity contribution in [3.8, 4) is 0 Å². The van der Waals surface area contributed by atoms with E-state index < -0.39 is 15.4 Å². The van der Waals surface area contributed by atoms with Crippen molar-refractivity contribution in [1.82, 2.24) is 9.62 Å². The largest absolute Gasteiger partial charge is 0.338 e. The van der Waals surface area contributed by atoms with E-state index in [1.165, 1.54) is 0 Å². The molecular formula is C12H24N2O3S. The lowest BCUT2D eigenvalue weighted by Crippen LogP contribution is -2.52. The number of nitrogens with zero attached hydrogens (tertiary/aromatic N) is 1. The first-order chi connectivity index (χ1) is 8.11. The van der Waals surface area contributed by atoms with Crippen LogP contribution in [0.1, 0.15) is 40.0 Å². The van der Waals surface area contributed by atoms with Gasteiger partial charge in [-0.05, 0) is 19.3 Å². The Labute approximate surface area is 110 Å². The SMILES string of the molecule is CC(C)(C)C(=O)N1CCCCC1CNS(C)(=O)=O. The predicted octanol–water partition coefficient (Wildman–Crippen LogP) is 0.963. The van der Waals surface area contributed by atoms with Crippen molar-refractivity contribution in [3.63, 3.8) is 0 Å². The maximum atomic E-state index is 12.3. The van der Waals surface area contributed by atoms with Crippen LogP contribution in [0, 0.1) is 5.41 Å². The molecule has 1 atom stereocenters. The average molecular weight is 276 g/mol. The van der Waals surface area contributed by atoms with E-state index in [1.54, 1.807) is 0 Å². The first-order valence-electron chi connectivity index (χ1n) is 6.37. The quantitative estimate of drug-likeness (QED) is 0.835. The fourth-order valence-corrected chi connectivity index (χ4v) is 2.65. The van der Waals surface area contributed by atoms with E-state index in [-0.39, 0.29) is 11.9 Å². The smallest absolute Gasteiger partial charge is 0.228 e. The van der Waals surface area contributed by atoms with Crippen LogP contribution in [0.4, 0.5) is 0 Å². The van der Waals surface area contributed by atoms with Gasteiger partial charge >= 0.3 is 0 Å². The molecule has 0 radical (unpaired) electrons. The van der Waals surface area contributed by atoms with Crippen molar-refractivity contribution in [3.05, 3.63) is 0 Å². The number of carbonyl (C=O) groups excluding carboxylic acids is 1. The van der Waals surface area contributed by atoms with Crippen molar-refractivity contribution in [2.45, 2.75) is 46.1 Å². The van der Waals surface area contributed by atoms with Gasteiger partial charge in [0.15, 0.2) is 0 Å². The van der Waals surface area contributed by atoms with Crippen LogP contribution in [0.3, 0.4) is 0 Å². The highest BCUT2D eigenvalue weighted by atomic mass is 32.2. The number of carbonyl (C=O) groups is 1. The normalized spacial score (nSPS) is 22.0. The molecule has 0 spiro atoms. The highest BCUT2D eigenvalue weighted by Crippen LogP contribution is 2.24. The summed E-state index contributed by atoms with van der Waals surface area (Å²) >= 11 is 0. The second-order valence-electron chi connectivity index (χ2n) is 6.02. The van der Waals surface area contributed by atoms with Gasteiger partial charge in [0, 0.05) is 24.5 Å². The summed E-state index contributed by atoms with van der Waals surface area (Å²) in [6, 6.07) is -0.0137. The summed E-state index contributed by atoms with van der Waals surface area (Å²) in [5.74, 6) is 0.0995. The number of rotatable bonds is 3. The van der Waals surface area contributed by atoms with Crippen molar-refractivity contribution in [1.29, 1.82) is 0 Å². The van der Waals surface area contributed by atoms with Crippen molar-refractivity contribution < 1.29 is 13.2 Å². The molecule has 0 aliphatic carbocycles. The molecule has 1 unspecified atom stereocenters. The second-order valence-corrected chi connectivity index (χ2v) is 7.85. The third kappa shape index (κ3) is 4.57. The predicted molar refractivity (Wildman–Crippen MR) is 71.7 cm³/mol. The summed E-state index contributed by atoms with van der Waals surface area (Å²) in [7, 11) is -3.20. The standard InChI is InChI=1S/C12H24N2O3S/c1-12(2,3)11(15)14-8-6-5-7-10(14)9-13-18(4,16)17/h10,13H,5-9H2,1-4H3. The van der Waals surface area contributed by atoms with Crippen LogP contribution in [0.25, 0.3) is 0 Å². The van der Waals surface area contributed by atoms with Gasteiger partial charge < -0.3 is 4.90 Å². The van der Waals surface area contributed by atoms with Gasteiger partial charge in [-0.3, -0.25) is 4.79 Å². The monoisotopic (exact) mass is 276 g/mol. The molecule has 1 aliphatic heterocycles. The number of hydrogen-bond acceptors (Lipinski definition) is 3. The topological polar surface area (TPSA) is 66.5 Å². The summed E-state index contributed by atoms with van der Waals surface area (Å²) in [5.41, 5.74) is -0.416. The minimum Gasteiger partial charge on any atom is -0.338 e. The Morgan fingerprint density at radius 3 is 2.44 bits per heavy atom. The Kier molecular flexibility index (Phi) is 4.78. The van der Waals surface area contributed by atoms with Gasteiger partial charge in [-0.1, -0.05) is 20.8 Å².